The number of amides is 1. The van der Waals surface area contributed by atoms with Gasteiger partial charge in [0.1, 0.15) is 11.9 Å². The van der Waals surface area contributed by atoms with Gasteiger partial charge in [-0.3, -0.25) is 4.79 Å². The number of benzene rings is 1. The molecule has 0 radical (unpaired) electrons. The third-order valence-electron chi connectivity index (χ3n) is 2.49. The van der Waals surface area contributed by atoms with Crippen molar-refractivity contribution in [2.45, 2.75) is 19.4 Å². The summed E-state index contributed by atoms with van der Waals surface area (Å²) in [6.45, 7) is 5.74. The van der Waals surface area contributed by atoms with Crippen LogP contribution in [0.15, 0.2) is 30.9 Å². The fraction of sp³-hybridized carbons (Fsp3) is 0.357. The Hall–Kier alpha value is -1.52. The van der Waals surface area contributed by atoms with E-state index in [0.29, 0.717) is 29.5 Å². The molecule has 1 rings (SSSR count). The van der Waals surface area contributed by atoms with Crippen LogP contribution in [-0.2, 0) is 9.53 Å². The summed E-state index contributed by atoms with van der Waals surface area (Å²) < 4.78 is 10.4. The minimum absolute atomic E-state index is 0.251. The third kappa shape index (κ3) is 4.93. The number of rotatable bonds is 7. The fourth-order valence-corrected chi connectivity index (χ4v) is 1.53. The molecular formula is C14H18ClNO3. The number of hydrogen-bond acceptors (Lipinski definition) is 3. The van der Waals surface area contributed by atoms with Crippen LogP contribution in [-0.4, -0.2) is 25.7 Å². The molecule has 0 saturated carbocycles. The molecule has 0 aliphatic heterocycles. The van der Waals surface area contributed by atoms with Crippen molar-refractivity contribution in [3.8, 4) is 5.75 Å². The van der Waals surface area contributed by atoms with E-state index in [0.717, 1.165) is 0 Å². The molecule has 0 bridgehead atoms. The predicted molar refractivity (Wildman–Crippen MR) is 76.9 cm³/mol. The van der Waals surface area contributed by atoms with Gasteiger partial charge in [-0.15, -0.1) is 6.58 Å². The van der Waals surface area contributed by atoms with E-state index in [2.05, 4.69) is 11.9 Å². The first-order valence-corrected chi connectivity index (χ1v) is 6.33. The minimum atomic E-state index is -0.554. The number of anilines is 1. The van der Waals surface area contributed by atoms with E-state index in [-0.39, 0.29) is 5.91 Å². The van der Waals surface area contributed by atoms with Crippen molar-refractivity contribution in [3.05, 3.63) is 35.9 Å². The quantitative estimate of drug-likeness (QED) is 0.617. The Kier molecular flexibility index (Phi) is 6.39. The van der Waals surface area contributed by atoms with Crippen LogP contribution in [0.3, 0.4) is 0 Å². The van der Waals surface area contributed by atoms with Crippen LogP contribution in [0.1, 0.15) is 13.3 Å². The van der Waals surface area contributed by atoms with Crippen molar-refractivity contribution in [1.82, 2.24) is 0 Å². The van der Waals surface area contributed by atoms with Crippen LogP contribution >= 0.6 is 11.6 Å². The summed E-state index contributed by atoms with van der Waals surface area (Å²) in [7, 11) is 1.55. The molecule has 0 aliphatic carbocycles. The zero-order chi connectivity index (χ0) is 14.3. The van der Waals surface area contributed by atoms with Crippen molar-refractivity contribution in [3.63, 3.8) is 0 Å². The first-order valence-electron chi connectivity index (χ1n) is 5.95. The van der Waals surface area contributed by atoms with Crippen LogP contribution in [0.5, 0.6) is 5.75 Å². The molecule has 0 fully saturated rings. The summed E-state index contributed by atoms with van der Waals surface area (Å²) in [5.41, 5.74) is 0.505. The summed E-state index contributed by atoms with van der Waals surface area (Å²) in [4.78, 5) is 11.9. The first-order chi connectivity index (χ1) is 9.08. The van der Waals surface area contributed by atoms with Gasteiger partial charge in [0.25, 0.3) is 5.91 Å². The molecular weight excluding hydrogens is 266 g/mol. The SMILES string of the molecule is C=CCCOC(C)C(=O)Nc1cc(OC)ccc1Cl. The molecule has 1 atom stereocenters. The standard InChI is InChI=1S/C14H18ClNO3/c1-4-5-8-19-10(2)14(17)16-13-9-11(18-3)6-7-12(13)15/h4,6-7,9-10H,1,5,8H2,2-3H3,(H,16,17). The molecule has 1 aromatic rings. The molecule has 1 N–H and O–H groups in total. The predicted octanol–water partition coefficient (Wildman–Crippen LogP) is 3.27. The number of carbonyl (C=O) groups is 1. The highest BCUT2D eigenvalue weighted by atomic mass is 35.5. The van der Waals surface area contributed by atoms with E-state index < -0.39 is 6.10 Å². The minimum Gasteiger partial charge on any atom is -0.497 e. The molecule has 0 aromatic heterocycles. The van der Waals surface area contributed by atoms with Crippen molar-refractivity contribution in [2.75, 3.05) is 19.0 Å². The lowest BCUT2D eigenvalue weighted by Gasteiger charge is -2.14. The van der Waals surface area contributed by atoms with Gasteiger partial charge in [0, 0.05) is 6.07 Å². The average molecular weight is 284 g/mol. The second-order valence-corrected chi connectivity index (χ2v) is 4.33. The highest BCUT2D eigenvalue weighted by molar-refractivity contribution is 6.33. The summed E-state index contributed by atoms with van der Waals surface area (Å²) in [5, 5.41) is 3.16. The highest BCUT2D eigenvalue weighted by Crippen LogP contribution is 2.26. The molecule has 0 heterocycles. The van der Waals surface area contributed by atoms with Crippen molar-refractivity contribution in [2.24, 2.45) is 0 Å². The first kappa shape index (κ1) is 15.5. The van der Waals surface area contributed by atoms with Gasteiger partial charge in [0.2, 0.25) is 0 Å². The second kappa shape index (κ2) is 7.81. The molecule has 1 aromatic carbocycles. The average Bonchev–Trinajstić information content (AvgIpc) is 2.41. The third-order valence-corrected chi connectivity index (χ3v) is 2.82. The Bertz CT molecular complexity index is 448. The topological polar surface area (TPSA) is 47.6 Å². The van der Waals surface area contributed by atoms with Gasteiger partial charge >= 0.3 is 0 Å². The lowest BCUT2D eigenvalue weighted by atomic mass is 10.2. The van der Waals surface area contributed by atoms with Gasteiger partial charge in [-0.1, -0.05) is 17.7 Å². The van der Waals surface area contributed by atoms with E-state index in [1.54, 1.807) is 38.3 Å². The summed E-state index contributed by atoms with van der Waals surface area (Å²) in [6.07, 6.45) is 1.89. The van der Waals surface area contributed by atoms with Crippen LogP contribution < -0.4 is 10.1 Å². The number of carbonyl (C=O) groups excluding carboxylic acids is 1. The Morgan fingerprint density at radius 3 is 2.95 bits per heavy atom. The van der Waals surface area contributed by atoms with Crippen LogP contribution in [0.4, 0.5) is 5.69 Å². The molecule has 1 amide bonds. The number of ether oxygens (including phenoxy) is 2. The number of hydrogen-bond donors (Lipinski definition) is 1. The zero-order valence-corrected chi connectivity index (χ0v) is 11.9. The van der Waals surface area contributed by atoms with Crippen LogP contribution in [0.25, 0.3) is 0 Å². The molecule has 0 saturated heterocycles. The van der Waals surface area contributed by atoms with Gasteiger partial charge in [-0.05, 0) is 25.5 Å². The molecule has 4 nitrogen and oxygen atoms in total. The lowest BCUT2D eigenvalue weighted by molar-refractivity contribution is -0.126. The Morgan fingerprint density at radius 1 is 1.58 bits per heavy atom. The van der Waals surface area contributed by atoms with Crippen molar-refractivity contribution < 1.29 is 14.3 Å². The van der Waals surface area contributed by atoms with E-state index in [4.69, 9.17) is 21.1 Å². The fourth-order valence-electron chi connectivity index (χ4n) is 1.37. The van der Waals surface area contributed by atoms with Crippen LogP contribution in [0.2, 0.25) is 5.02 Å². The van der Waals surface area contributed by atoms with Crippen LogP contribution in [0, 0.1) is 0 Å². The van der Waals surface area contributed by atoms with Gasteiger partial charge in [0.15, 0.2) is 0 Å². The summed E-state index contributed by atoms with van der Waals surface area (Å²) in [6, 6.07) is 5.05. The summed E-state index contributed by atoms with van der Waals surface area (Å²) in [5.74, 6) is 0.374. The molecule has 0 aliphatic rings. The molecule has 104 valence electrons. The zero-order valence-electron chi connectivity index (χ0n) is 11.1. The Labute approximate surface area is 118 Å². The Balaban J connectivity index is 2.62. The largest absolute Gasteiger partial charge is 0.497 e. The number of nitrogens with one attached hydrogen (secondary N) is 1. The Morgan fingerprint density at radius 2 is 2.32 bits per heavy atom. The number of methoxy groups -OCH3 is 1. The molecule has 1 unspecified atom stereocenters. The van der Waals surface area contributed by atoms with Crippen molar-refractivity contribution in [1.29, 1.82) is 0 Å². The molecule has 0 spiro atoms. The molecule has 19 heavy (non-hydrogen) atoms. The maximum atomic E-state index is 11.9. The van der Waals surface area contributed by atoms with Gasteiger partial charge in [0.05, 0.1) is 24.4 Å². The van der Waals surface area contributed by atoms with E-state index in [9.17, 15) is 4.79 Å². The van der Waals surface area contributed by atoms with E-state index in [1.165, 1.54) is 0 Å². The number of halogens is 1. The molecule has 5 heteroatoms. The van der Waals surface area contributed by atoms with Gasteiger partial charge in [-0.2, -0.15) is 0 Å². The smallest absolute Gasteiger partial charge is 0.253 e. The van der Waals surface area contributed by atoms with Crippen molar-refractivity contribution >= 4 is 23.2 Å². The highest BCUT2D eigenvalue weighted by Gasteiger charge is 2.14. The van der Waals surface area contributed by atoms with Gasteiger partial charge in [-0.25, -0.2) is 0 Å². The second-order valence-electron chi connectivity index (χ2n) is 3.93. The summed E-state index contributed by atoms with van der Waals surface area (Å²) >= 11 is 6.00. The maximum absolute atomic E-state index is 11.9. The normalized spacial score (nSPS) is 11.7. The maximum Gasteiger partial charge on any atom is 0.253 e. The van der Waals surface area contributed by atoms with E-state index in [1.807, 2.05) is 0 Å². The lowest BCUT2D eigenvalue weighted by Crippen LogP contribution is -2.28. The van der Waals surface area contributed by atoms with Gasteiger partial charge < -0.3 is 14.8 Å². The monoisotopic (exact) mass is 283 g/mol. The van der Waals surface area contributed by atoms with E-state index >= 15 is 0 Å².